The third-order valence-corrected chi connectivity index (χ3v) is 2.06. The first kappa shape index (κ1) is 11.1. The molecule has 1 rings (SSSR count). The molecule has 0 saturated carbocycles. The van der Waals surface area contributed by atoms with Gasteiger partial charge >= 0.3 is 0 Å². The predicted octanol–water partition coefficient (Wildman–Crippen LogP) is 0.964. The second-order valence-electron chi connectivity index (χ2n) is 4.15. The lowest BCUT2D eigenvalue weighted by atomic mass is 9.94. The van der Waals surface area contributed by atoms with Gasteiger partial charge in [-0.05, 0) is 31.9 Å². The van der Waals surface area contributed by atoms with E-state index in [-0.39, 0.29) is 5.78 Å². The molecular formula is C11H16O3. The zero-order valence-corrected chi connectivity index (χ0v) is 8.53. The molecule has 14 heavy (non-hydrogen) atoms. The number of aliphatic hydroxyl groups is 2. The number of hydrogen-bond acceptors (Lipinski definition) is 3. The lowest BCUT2D eigenvalue weighted by Crippen LogP contribution is -2.19. The van der Waals surface area contributed by atoms with Crippen LogP contribution in [-0.4, -0.2) is 27.7 Å². The van der Waals surface area contributed by atoms with Crippen molar-refractivity contribution >= 4 is 5.78 Å². The molecule has 0 aliphatic heterocycles. The lowest BCUT2D eigenvalue weighted by molar-refractivity contribution is -0.115. The molecule has 0 amide bonds. The second kappa shape index (κ2) is 4.07. The number of ketones is 1. The quantitative estimate of drug-likeness (QED) is 0.691. The van der Waals surface area contributed by atoms with Crippen LogP contribution >= 0.6 is 0 Å². The van der Waals surface area contributed by atoms with E-state index in [0.717, 1.165) is 0 Å². The van der Waals surface area contributed by atoms with Gasteiger partial charge < -0.3 is 10.2 Å². The number of aliphatic hydroxyl groups excluding tert-OH is 1. The largest absolute Gasteiger partial charge is 0.388 e. The highest BCUT2D eigenvalue weighted by Crippen LogP contribution is 2.18. The average molecular weight is 196 g/mol. The van der Waals surface area contributed by atoms with Gasteiger partial charge in [0.05, 0.1) is 11.7 Å². The van der Waals surface area contributed by atoms with Crippen LogP contribution in [0.3, 0.4) is 0 Å². The molecule has 0 aromatic carbocycles. The monoisotopic (exact) mass is 196 g/mol. The van der Waals surface area contributed by atoms with Crippen molar-refractivity contribution in [3.63, 3.8) is 0 Å². The first-order chi connectivity index (χ1) is 6.38. The maximum Gasteiger partial charge on any atom is 0.156 e. The number of hydrogen-bond donors (Lipinski definition) is 2. The van der Waals surface area contributed by atoms with E-state index in [4.69, 9.17) is 0 Å². The number of carbonyl (C=O) groups excluding carboxylic acids is 1. The van der Waals surface area contributed by atoms with Gasteiger partial charge in [0.1, 0.15) is 0 Å². The lowest BCUT2D eigenvalue weighted by Gasteiger charge is -2.17. The van der Waals surface area contributed by atoms with Gasteiger partial charge in [-0.25, -0.2) is 0 Å². The normalized spacial score (nSPS) is 24.1. The van der Waals surface area contributed by atoms with E-state index >= 15 is 0 Å². The summed E-state index contributed by atoms with van der Waals surface area (Å²) in [5.41, 5.74) is -0.329. The minimum Gasteiger partial charge on any atom is -0.388 e. The summed E-state index contributed by atoms with van der Waals surface area (Å²) in [5, 5.41) is 19.0. The van der Waals surface area contributed by atoms with E-state index in [0.29, 0.717) is 18.4 Å². The first-order valence-electron chi connectivity index (χ1n) is 4.72. The van der Waals surface area contributed by atoms with Crippen LogP contribution in [0, 0.1) is 0 Å². The Bertz CT molecular complexity index is 281. The molecule has 0 radical (unpaired) electrons. The molecule has 1 atom stereocenters. The molecule has 0 aromatic heterocycles. The van der Waals surface area contributed by atoms with Crippen LogP contribution in [-0.2, 0) is 4.79 Å². The molecule has 0 heterocycles. The van der Waals surface area contributed by atoms with E-state index in [1.165, 1.54) is 6.08 Å². The van der Waals surface area contributed by atoms with Gasteiger partial charge in [0.25, 0.3) is 0 Å². The summed E-state index contributed by atoms with van der Waals surface area (Å²) >= 11 is 0. The van der Waals surface area contributed by atoms with Crippen LogP contribution in [0.1, 0.15) is 26.7 Å². The van der Waals surface area contributed by atoms with Crippen molar-refractivity contribution in [1.82, 2.24) is 0 Å². The molecule has 1 aliphatic carbocycles. The summed E-state index contributed by atoms with van der Waals surface area (Å²) in [6.45, 7) is 3.28. The minimum atomic E-state index is -0.916. The Morgan fingerprint density at radius 2 is 2.21 bits per heavy atom. The highest BCUT2D eigenvalue weighted by Gasteiger charge is 2.17. The van der Waals surface area contributed by atoms with Crippen molar-refractivity contribution < 1.29 is 15.0 Å². The Morgan fingerprint density at radius 1 is 1.57 bits per heavy atom. The van der Waals surface area contributed by atoms with Crippen molar-refractivity contribution in [2.24, 2.45) is 0 Å². The van der Waals surface area contributed by atoms with Crippen LogP contribution < -0.4 is 0 Å². The molecule has 3 nitrogen and oxygen atoms in total. The summed E-state index contributed by atoms with van der Waals surface area (Å²) in [5.74, 6) is 0.0331. The molecule has 0 saturated heterocycles. The van der Waals surface area contributed by atoms with Gasteiger partial charge in [-0.15, -0.1) is 0 Å². The summed E-state index contributed by atoms with van der Waals surface area (Å²) in [4.78, 5) is 11.1. The zero-order chi connectivity index (χ0) is 10.8. The fourth-order valence-corrected chi connectivity index (χ4v) is 1.26. The summed E-state index contributed by atoms with van der Waals surface area (Å²) in [7, 11) is 0. The van der Waals surface area contributed by atoms with Crippen LogP contribution in [0.15, 0.2) is 23.8 Å². The van der Waals surface area contributed by atoms with Crippen molar-refractivity contribution in [2.45, 2.75) is 38.4 Å². The summed E-state index contributed by atoms with van der Waals surface area (Å²) in [6, 6.07) is 0. The third-order valence-electron chi connectivity index (χ3n) is 2.06. The van der Waals surface area contributed by atoms with Gasteiger partial charge in [0.2, 0.25) is 0 Å². The maximum absolute atomic E-state index is 11.1. The molecule has 1 aliphatic rings. The van der Waals surface area contributed by atoms with Gasteiger partial charge in [-0.1, -0.05) is 12.2 Å². The average Bonchev–Trinajstić information content (AvgIpc) is 2.05. The molecule has 2 N–H and O–H groups in total. The Hall–Kier alpha value is -0.930. The van der Waals surface area contributed by atoms with Crippen molar-refractivity contribution in [1.29, 1.82) is 0 Å². The highest BCUT2D eigenvalue weighted by molar-refractivity contribution is 5.92. The van der Waals surface area contributed by atoms with E-state index in [2.05, 4.69) is 0 Å². The minimum absolute atomic E-state index is 0.0331. The first-order valence-corrected chi connectivity index (χ1v) is 4.72. The topological polar surface area (TPSA) is 57.5 Å². The molecule has 0 spiro atoms. The van der Waals surface area contributed by atoms with Crippen LogP contribution in [0.2, 0.25) is 0 Å². The van der Waals surface area contributed by atoms with E-state index in [9.17, 15) is 15.0 Å². The molecule has 3 heteroatoms. The van der Waals surface area contributed by atoms with Gasteiger partial charge in [-0.3, -0.25) is 4.79 Å². The Labute approximate surface area is 83.8 Å². The van der Waals surface area contributed by atoms with Gasteiger partial charge in [-0.2, -0.15) is 0 Å². The second-order valence-corrected chi connectivity index (χ2v) is 4.15. The SMILES string of the molecule is CC(C)(O)C=CC1=CC(=O)CCC1O. The van der Waals surface area contributed by atoms with E-state index in [1.54, 1.807) is 26.0 Å². The fraction of sp³-hybridized carbons (Fsp3) is 0.545. The van der Waals surface area contributed by atoms with Crippen molar-refractivity contribution in [2.75, 3.05) is 0 Å². The molecule has 1 unspecified atom stereocenters. The Kier molecular flexibility index (Phi) is 3.24. The van der Waals surface area contributed by atoms with E-state index in [1.807, 2.05) is 0 Å². The molecule has 0 fully saturated rings. The standard InChI is InChI=1S/C11H16O3/c1-11(2,14)6-5-8-7-9(12)3-4-10(8)13/h5-7,10,13-14H,3-4H2,1-2H3. The Balaban J connectivity index is 2.76. The maximum atomic E-state index is 11.1. The predicted molar refractivity (Wildman–Crippen MR) is 53.8 cm³/mol. The van der Waals surface area contributed by atoms with Crippen LogP contribution in [0.25, 0.3) is 0 Å². The number of rotatable bonds is 2. The highest BCUT2D eigenvalue weighted by atomic mass is 16.3. The molecular weight excluding hydrogens is 180 g/mol. The number of carbonyl (C=O) groups is 1. The van der Waals surface area contributed by atoms with Crippen molar-refractivity contribution in [3.05, 3.63) is 23.8 Å². The molecule has 0 aromatic rings. The summed E-state index contributed by atoms with van der Waals surface area (Å²) in [6.07, 6.45) is 4.92. The van der Waals surface area contributed by atoms with E-state index < -0.39 is 11.7 Å². The zero-order valence-electron chi connectivity index (χ0n) is 8.53. The molecule has 78 valence electrons. The molecule has 0 bridgehead atoms. The summed E-state index contributed by atoms with van der Waals surface area (Å²) < 4.78 is 0. The fourth-order valence-electron chi connectivity index (χ4n) is 1.26. The van der Waals surface area contributed by atoms with Crippen LogP contribution in [0.5, 0.6) is 0 Å². The van der Waals surface area contributed by atoms with Gasteiger partial charge in [0.15, 0.2) is 5.78 Å². The number of allylic oxidation sites excluding steroid dienone is 1. The van der Waals surface area contributed by atoms with Crippen molar-refractivity contribution in [3.8, 4) is 0 Å². The van der Waals surface area contributed by atoms with Crippen LogP contribution in [0.4, 0.5) is 0 Å². The smallest absolute Gasteiger partial charge is 0.156 e. The van der Waals surface area contributed by atoms with Gasteiger partial charge in [0, 0.05) is 6.42 Å². The third kappa shape index (κ3) is 3.44. The Morgan fingerprint density at radius 3 is 2.79 bits per heavy atom.